The lowest BCUT2D eigenvalue weighted by atomic mass is 9.85. The average Bonchev–Trinajstić information content (AvgIpc) is 3.24. The van der Waals surface area contributed by atoms with E-state index in [0.29, 0.717) is 6.04 Å². The van der Waals surface area contributed by atoms with Crippen molar-refractivity contribution < 1.29 is 4.79 Å². The summed E-state index contributed by atoms with van der Waals surface area (Å²) < 4.78 is 2.41. The van der Waals surface area contributed by atoms with Crippen LogP contribution < -0.4 is 0 Å². The molecular formula is C28H34N4O. The number of aryl methyl sites for hydroxylation is 2. The molecular weight excluding hydrogens is 408 g/mol. The maximum Gasteiger partial charge on any atom is 0.253 e. The van der Waals surface area contributed by atoms with Crippen molar-refractivity contribution in [2.75, 3.05) is 19.6 Å². The lowest BCUT2D eigenvalue weighted by Gasteiger charge is -2.50. The minimum Gasteiger partial charge on any atom is -0.336 e. The average molecular weight is 443 g/mol. The van der Waals surface area contributed by atoms with Gasteiger partial charge in [0.25, 0.3) is 5.91 Å². The van der Waals surface area contributed by atoms with Gasteiger partial charge < -0.3 is 9.47 Å². The molecule has 0 unspecified atom stereocenters. The maximum absolute atomic E-state index is 13.6. The molecule has 33 heavy (non-hydrogen) atoms. The van der Waals surface area contributed by atoms with E-state index in [1.807, 2.05) is 24.5 Å². The van der Waals surface area contributed by atoms with Gasteiger partial charge in [0.05, 0.1) is 23.3 Å². The second kappa shape index (κ2) is 8.45. The number of likely N-dealkylation sites (tertiary alicyclic amines) is 1. The molecule has 2 aliphatic heterocycles. The predicted octanol–water partition coefficient (Wildman–Crippen LogP) is 5.02. The third kappa shape index (κ3) is 3.99. The molecule has 0 radical (unpaired) electrons. The van der Waals surface area contributed by atoms with Crippen molar-refractivity contribution >= 4 is 5.91 Å². The summed E-state index contributed by atoms with van der Waals surface area (Å²) in [5.74, 6) is 0.146. The van der Waals surface area contributed by atoms with Gasteiger partial charge in [0, 0.05) is 43.3 Å². The number of nitrogens with zero attached hydrogens (tertiary/aromatic N) is 4. The first-order valence-corrected chi connectivity index (χ1v) is 12.1. The largest absolute Gasteiger partial charge is 0.336 e. The van der Waals surface area contributed by atoms with Crippen molar-refractivity contribution in [3.63, 3.8) is 0 Å². The van der Waals surface area contributed by atoms with Crippen molar-refractivity contribution in [3.05, 3.63) is 77.2 Å². The number of hydrogen-bond acceptors (Lipinski definition) is 3. The standard InChI is InChI=1S/C28H34N4O/c1-20(2)31-16-25-26(23-9-6-5-7-10-23)29-19-32(25)28(18-31)11-8-12-30(17-28)27(33)24-14-21(3)13-22(4)15-24/h5-7,9-10,13-15,19-20H,8,11-12,16-18H2,1-4H3/t28-/m1/s1. The molecule has 1 saturated heterocycles. The van der Waals surface area contributed by atoms with Crippen LogP contribution >= 0.6 is 0 Å². The van der Waals surface area contributed by atoms with E-state index in [0.717, 1.165) is 67.0 Å². The van der Waals surface area contributed by atoms with Gasteiger partial charge in [0.1, 0.15) is 0 Å². The van der Waals surface area contributed by atoms with E-state index in [4.69, 9.17) is 4.98 Å². The summed E-state index contributed by atoms with van der Waals surface area (Å²) in [4.78, 5) is 23.1. The monoisotopic (exact) mass is 442 g/mol. The highest BCUT2D eigenvalue weighted by atomic mass is 16.2. The SMILES string of the molecule is Cc1cc(C)cc(C(=O)N2CCC[C@@]3(C2)CN(C(C)C)Cc2c(-c4ccccc4)ncn23)c1. The molecule has 0 saturated carbocycles. The van der Waals surface area contributed by atoms with Crippen molar-refractivity contribution in [2.24, 2.45) is 0 Å². The van der Waals surface area contributed by atoms with Gasteiger partial charge in [-0.05, 0) is 52.7 Å². The fourth-order valence-corrected chi connectivity index (χ4v) is 5.73. The molecule has 5 nitrogen and oxygen atoms in total. The molecule has 3 aromatic rings. The van der Waals surface area contributed by atoms with Crippen molar-refractivity contribution in [2.45, 2.75) is 58.7 Å². The second-order valence-corrected chi connectivity index (χ2v) is 10.2. The van der Waals surface area contributed by atoms with Crippen LogP contribution in [0.3, 0.4) is 0 Å². The first-order chi connectivity index (χ1) is 15.9. The van der Waals surface area contributed by atoms with Crippen molar-refractivity contribution in [3.8, 4) is 11.3 Å². The first kappa shape index (κ1) is 21.9. The minimum absolute atomic E-state index is 0.146. The highest BCUT2D eigenvalue weighted by Gasteiger charge is 2.45. The number of hydrogen-bond donors (Lipinski definition) is 0. The zero-order valence-corrected chi connectivity index (χ0v) is 20.2. The summed E-state index contributed by atoms with van der Waals surface area (Å²) in [6, 6.07) is 17.1. The highest BCUT2D eigenvalue weighted by Crippen LogP contribution is 2.39. The summed E-state index contributed by atoms with van der Waals surface area (Å²) in [5.41, 5.74) is 6.42. The van der Waals surface area contributed by atoms with Crippen molar-refractivity contribution in [1.82, 2.24) is 19.4 Å². The molecule has 5 heteroatoms. The van der Waals surface area contributed by atoms with Gasteiger partial charge in [0.2, 0.25) is 0 Å². The molecule has 0 bridgehead atoms. The van der Waals surface area contributed by atoms with Gasteiger partial charge in [-0.1, -0.05) is 47.5 Å². The number of carbonyl (C=O) groups is 1. The van der Waals surface area contributed by atoms with E-state index in [2.05, 4.69) is 72.4 Å². The fourth-order valence-electron chi connectivity index (χ4n) is 5.73. The number of piperidine rings is 1. The smallest absolute Gasteiger partial charge is 0.253 e. The Morgan fingerprint density at radius 2 is 1.76 bits per heavy atom. The molecule has 5 rings (SSSR count). The van der Waals surface area contributed by atoms with Crippen LogP contribution in [0.4, 0.5) is 0 Å². The second-order valence-electron chi connectivity index (χ2n) is 10.2. The van der Waals surface area contributed by atoms with Crippen LogP contribution in [0.1, 0.15) is 53.9 Å². The molecule has 1 atom stereocenters. The lowest BCUT2D eigenvalue weighted by Crippen LogP contribution is -2.60. The topological polar surface area (TPSA) is 41.4 Å². The molecule has 172 valence electrons. The highest BCUT2D eigenvalue weighted by molar-refractivity contribution is 5.94. The van der Waals surface area contributed by atoms with E-state index in [9.17, 15) is 4.79 Å². The van der Waals surface area contributed by atoms with Gasteiger partial charge in [0.15, 0.2) is 0 Å². The normalized spacial score (nSPS) is 20.9. The first-order valence-electron chi connectivity index (χ1n) is 12.1. The Morgan fingerprint density at radius 3 is 2.45 bits per heavy atom. The van der Waals surface area contributed by atoms with E-state index >= 15 is 0 Å². The fraction of sp³-hybridized carbons (Fsp3) is 0.429. The molecule has 3 heterocycles. The van der Waals surface area contributed by atoms with Crippen LogP contribution in [0.5, 0.6) is 0 Å². The van der Waals surface area contributed by atoms with Gasteiger partial charge in [-0.15, -0.1) is 0 Å². The number of amides is 1. The Hall–Kier alpha value is -2.92. The Bertz CT molecular complexity index is 1150. The van der Waals surface area contributed by atoms with Crippen LogP contribution in [0.15, 0.2) is 54.9 Å². The van der Waals surface area contributed by atoms with Crippen LogP contribution in [-0.4, -0.2) is 50.9 Å². The maximum atomic E-state index is 13.6. The summed E-state index contributed by atoms with van der Waals surface area (Å²) in [5, 5.41) is 0. The number of benzene rings is 2. The van der Waals surface area contributed by atoms with Gasteiger partial charge in [-0.2, -0.15) is 0 Å². The number of fused-ring (bicyclic) bond motifs is 2. The molecule has 2 aromatic carbocycles. The predicted molar refractivity (Wildman–Crippen MR) is 132 cm³/mol. The Balaban J connectivity index is 1.53. The molecule has 2 aliphatic rings. The number of aromatic nitrogens is 2. The van der Waals surface area contributed by atoms with E-state index in [-0.39, 0.29) is 11.4 Å². The summed E-state index contributed by atoms with van der Waals surface area (Å²) >= 11 is 0. The number of carbonyl (C=O) groups excluding carboxylic acids is 1. The third-order valence-electron chi connectivity index (χ3n) is 7.32. The Kier molecular flexibility index (Phi) is 5.61. The van der Waals surface area contributed by atoms with Gasteiger partial charge in [-0.3, -0.25) is 9.69 Å². The number of imidazole rings is 1. The Labute approximate surface area is 197 Å². The van der Waals surface area contributed by atoms with E-state index in [1.54, 1.807) is 0 Å². The molecule has 1 aromatic heterocycles. The van der Waals surface area contributed by atoms with Gasteiger partial charge >= 0.3 is 0 Å². The molecule has 1 fully saturated rings. The summed E-state index contributed by atoms with van der Waals surface area (Å²) in [6.07, 6.45) is 4.09. The number of rotatable bonds is 3. The molecule has 0 N–H and O–H groups in total. The Morgan fingerprint density at radius 1 is 1.03 bits per heavy atom. The quantitative estimate of drug-likeness (QED) is 0.572. The zero-order chi connectivity index (χ0) is 23.2. The summed E-state index contributed by atoms with van der Waals surface area (Å²) in [6.45, 7) is 12.0. The molecule has 1 spiro atoms. The van der Waals surface area contributed by atoms with Crippen LogP contribution in [0.25, 0.3) is 11.3 Å². The van der Waals surface area contributed by atoms with E-state index in [1.165, 1.54) is 5.69 Å². The zero-order valence-electron chi connectivity index (χ0n) is 20.2. The van der Waals surface area contributed by atoms with Gasteiger partial charge in [-0.25, -0.2) is 4.98 Å². The molecule has 0 aliphatic carbocycles. The van der Waals surface area contributed by atoms with Crippen LogP contribution in [0.2, 0.25) is 0 Å². The van der Waals surface area contributed by atoms with Crippen LogP contribution in [0, 0.1) is 13.8 Å². The third-order valence-corrected chi connectivity index (χ3v) is 7.32. The van der Waals surface area contributed by atoms with E-state index < -0.39 is 0 Å². The summed E-state index contributed by atoms with van der Waals surface area (Å²) in [7, 11) is 0. The molecule has 1 amide bonds. The lowest BCUT2D eigenvalue weighted by molar-refractivity contribution is 0.0179. The minimum atomic E-state index is -0.148. The van der Waals surface area contributed by atoms with Crippen molar-refractivity contribution in [1.29, 1.82) is 0 Å². The van der Waals surface area contributed by atoms with Crippen LogP contribution in [-0.2, 0) is 12.1 Å².